The largest absolute Gasteiger partial charge is 0.488 e. The summed E-state index contributed by atoms with van der Waals surface area (Å²) in [5.74, 6) is 1.18. The normalized spacial score (nSPS) is 11.5. The van der Waals surface area contributed by atoms with Crippen LogP contribution in [0.25, 0.3) is 21.1 Å². The van der Waals surface area contributed by atoms with Gasteiger partial charge >= 0.3 is 12.4 Å². The Balaban J connectivity index is 0.000000279. The quantitative estimate of drug-likeness (QED) is 0.0268. The van der Waals surface area contributed by atoms with Gasteiger partial charge in [0.05, 0.1) is 44.8 Å². The minimum atomic E-state index is -4.37. The van der Waals surface area contributed by atoms with Crippen LogP contribution in [0.5, 0.6) is 11.5 Å². The number of nitrogens with two attached hydrogens (primary N) is 2. The van der Waals surface area contributed by atoms with Gasteiger partial charge in [0.15, 0.2) is 0 Å². The molecule has 19 heteroatoms. The Hall–Kier alpha value is -5.38. The third-order valence-electron chi connectivity index (χ3n) is 9.57. The molecule has 352 valence electrons. The fraction of sp³-hybridized carbons (Fsp3) is 0.319. The highest BCUT2D eigenvalue weighted by molar-refractivity contribution is 7.15. The molecule has 2 heterocycles. The maximum absolute atomic E-state index is 12.9. The lowest BCUT2D eigenvalue weighted by Crippen LogP contribution is -2.14. The van der Waals surface area contributed by atoms with Crippen molar-refractivity contribution in [1.82, 2.24) is 9.97 Å². The number of halogens is 8. The Bertz CT molecular complexity index is 2540. The molecule has 0 saturated heterocycles. The third kappa shape index (κ3) is 15.6. The molecule has 0 aliphatic heterocycles. The van der Waals surface area contributed by atoms with Crippen molar-refractivity contribution in [3.05, 3.63) is 138 Å². The van der Waals surface area contributed by atoms with Crippen LogP contribution in [0, 0.1) is 11.3 Å². The van der Waals surface area contributed by atoms with Crippen LogP contribution >= 0.6 is 45.9 Å². The van der Waals surface area contributed by atoms with E-state index in [2.05, 4.69) is 40.8 Å². The maximum Gasteiger partial charge on any atom is 0.416 e. The lowest BCUT2D eigenvalue weighted by Gasteiger charge is -2.09. The van der Waals surface area contributed by atoms with E-state index in [1.807, 2.05) is 0 Å². The minimum absolute atomic E-state index is 0.0478. The summed E-state index contributed by atoms with van der Waals surface area (Å²) >= 11 is 15.3. The summed E-state index contributed by atoms with van der Waals surface area (Å²) in [6.07, 6.45) is -2.88. The summed E-state index contributed by atoms with van der Waals surface area (Å²) in [5, 5.41) is 22.7. The molecule has 0 saturated carbocycles. The molecule has 0 bridgehead atoms. The topological polar surface area (TPSA) is 153 Å². The van der Waals surface area contributed by atoms with Gasteiger partial charge in [-0.3, -0.25) is 0 Å². The van der Waals surface area contributed by atoms with Gasteiger partial charge in [0.1, 0.15) is 40.6 Å². The van der Waals surface area contributed by atoms with Crippen LogP contribution in [-0.4, -0.2) is 28.1 Å². The zero-order chi connectivity index (χ0) is 48.4. The van der Waals surface area contributed by atoms with Crippen LogP contribution in [0.15, 0.2) is 90.1 Å². The molecule has 0 aliphatic rings. The Morgan fingerprint density at radius 1 is 0.697 bits per heavy atom. The Kier molecular flexibility index (Phi) is 20.6. The highest BCUT2D eigenvalue weighted by atomic mass is 35.5. The first kappa shape index (κ1) is 53.2. The molecule has 0 fully saturated rings. The van der Waals surface area contributed by atoms with Crippen molar-refractivity contribution in [3.8, 4) is 38.7 Å². The molecular weight excluding hydrogens is 946 g/mol. The number of hydrogen-bond donors (Lipinski definition) is 3. The molecule has 6 rings (SSSR count). The van der Waals surface area contributed by atoms with E-state index in [9.17, 15) is 26.3 Å². The lowest BCUT2D eigenvalue weighted by atomic mass is 10.1. The summed E-state index contributed by atoms with van der Waals surface area (Å²) in [7, 11) is 1.50. The number of amidine groups is 1. The standard InChI is InChI=1S/C23H23ClF3N3O2S.C23H20ClF3N2OS.CH5N/c1-2-3-4-19-20(13-32-17-10-7-15(18(24)12-17)11-21(28)30-31)33-22(29-19)14-5-8-16(9-6-14)23(25,26)27;1-2-3-4-20-21(14-30-18-10-7-15(11-12-28)19(24)13-18)31-22(29-20)16-5-8-17(9-6-16)23(25,26)27;1-2/h5-10,12,31H,2-4,11,13H2,1H3,(H2,28,30);5-10,13H,2-4,11,14H2,1H3;2H2,1H3. The molecule has 0 amide bonds. The summed E-state index contributed by atoms with van der Waals surface area (Å²) in [6.45, 7) is 4.71. The van der Waals surface area contributed by atoms with Crippen molar-refractivity contribution in [2.45, 2.75) is 90.8 Å². The number of hydrogen-bond acceptors (Lipinski definition) is 10. The number of thiazole rings is 2. The van der Waals surface area contributed by atoms with Gasteiger partial charge in [0.2, 0.25) is 0 Å². The fourth-order valence-electron chi connectivity index (χ4n) is 6.06. The van der Waals surface area contributed by atoms with Crippen LogP contribution in [-0.2, 0) is 51.2 Å². The van der Waals surface area contributed by atoms with Crippen LogP contribution in [0.3, 0.4) is 0 Å². The van der Waals surface area contributed by atoms with E-state index in [0.29, 0.717) is 48.2 Å². The zero-order valence-corrected chi connectivity index (χ0v) is 39.3. The second-order valence-electron chi connectivity index (χ2n) is 14.3. The van der Waals surface area contributed by atoms with Crippen molar-refractivity contribution in [2.75, 3.05) is 7.05 Å². The second-order valence-corrected chi connectivity index (χ2v) is 17.3. The fourth-order valence-corrected chi connectivity index (χ4v) is 8.59. The van der Waals surface area contributed by atoms with Crippen molar-refractivity contribution in [1.29, 1.82) is 5.26 Å². The predicted molar refractivity (Wildman–Crippen MR) is 250 cm³/mol. The third-order valence-corrected chi connectivity index (χ3v) is 12.5. The van der Waals surface area contributed by atoms with E-state index in [1.165, 1.54) is 54.0 Å². The van der Waals surface area contributed by atoms with E-state index >= 15 is 0 Å². The minimum Gasteiger partial charge on any atom is -0.488 e. The molecule has 2 aromatic heterocycles. The Labute approximate surface area is 397 Å². The summed E-state index contributed by atoms with van der Waals surface area (Å²) in [4.78, 5) is 11.2. The predicted octanol–water partition coefficient (Wildman–Crippen LogP) is 13.7. The highest BCUT2D eigenvalue weighted by Gasteiger charge is 2.31. The average Bonchev–Trinajstić information content (AvgIpc) is 3.92. The molecule has 0 unspecified atom stereocenters. The number of alkyl halides is 6. The van der Waals surface area contributed by atoms with Gasteiger partial charge in [0.25, 0.3) is 0 Å². The molecule has 6 aromatic rings. The van der Waals surface area contributed by atoms with Crippen LogP contribution in [0.2, 0.25) is 10.0 Å². The second kappa shape index (κ2) is 25.5. The molecule has 0 radical (unpaired) electrons. The number of nitrogens with zero attached hydrogens (tertiary/aromatic N) is 4. The number of unbranched alkanes of at least 4 members (excludes halogenated alkanes) is 2. The van der Waals surface area contributed by atoms with Gasteiger partial charge in [-0.1, -0.05) is 91.4 Å². The zero-order valence-electron chi connectivity index (χ0n) is 36.2. The molecule has 5 N–H and O–H groups in total. The number of ether oxygens (including phenoxy) is 2. The van der Waals surface area contributed by atoms with Gasteiger partial charge in [0, 0.05) is 27.6 Å². The number of rotatable bonds is 17. The summed E-state index contributed by atoms with van der Waals surface area (Å²) in [5.41, 5.74) is 13.2. The van der Waals surface area contributed by atoms with Crippen LogP contribution in [0.1, 0.15) is 82.9 Å². The lowest BCUT2D eigenvalue weighted by molar-refractivity contribution is -0.138. The van der Waals surface area contributed by atoms with Crippen molar-refractivity contribution in [3.63, 3.8) is 0 Å². The van der Waals surface area contributed by atoms with Gasteiger partial charge in [-0.05, 0) is 92.4 Å². The first-order chi connectivity index (χ1) is 31.5. The molecular formula is C47H48Cl2F6N6O3S2. The van der Waals surface area contributed by atoms with E-state index in [1.54, 1.807) is 36.4 Å². The molecule has 0 spiro atoms. The molecule has 9 nitrogen and oxygen atoms in total. The van der Waals surface area contributed by atoms with E-state index in [0.717, 1.165) is 89.5 Å². The average molecular weight is 994 g/mol. The number of aromatic nitrogens is 2. The summed E-state index contributed by atoms with van der Waals surface area (Å²) < 4.78 is 88.9. The highest BCUT2D eigenvalue weighted by Crippen LogP contribution is 2.36. The Morgan fingerprint density at radius 2 is 1.11 bits per heavy atom. The van der Waals surface area contributed by atoms with Crippen molar-refractivity contribution in [2.24, 2.45) is 16.6 Å². The number of oxime groups is 1. The van der Waals surface area contributed by atoms with Gasteiger partial charge in [-0.15, -0.1) is 22.7 Å². The Morgan fingerprint density at radius 3 is 1.45 bits per heavy atom. The molecule has 66 heavy (non-hydrogen) atoms. The number of aryl methyl sites for hydroxylation is 2. The van der Waals surface area contributed by atoms with E-state index in [4.69, 9.17) is 48.9 Å². The van der Waals surface area contributed by atoms with E-state index < -0.39 is 23.5 Å². The van der Waals surface area contributed by atoms with Gasteiger partial charge in [-0.25, -0.2) is 9.97 Å². The molecule has 0 atom stereocenters. The van der Waals surface area contributed by atoms with Crippen molar-refractivity contribution < 1.29 is 41.0 Å². The SMILES string of the molecule is CCCCc1nc(-c2ccc(C(F)(F)F)cc2)sc1COc1ccc(CC#N)c(Cl)c1.CCCCc1nc(-c2ccc(C(F)(F)F)cc2)sc1COc1ccc(CC(N)=NO)c(Cl)c1.CN. The first-order valence-corrected chi connectivity index (χ1v) is 23.0. The van der Waals surface area contributed by atoms with Crippen molar-refractivity contribution >= 4 is 51.7 Å². The number of nitriles is 1. The van der Waals surface area contributed by atoms with E-state index in [-0.39, 0.29) is 31.9 Å². The smallest absolute Gasteiger partial charge is 0.416 e. The van der Waals surface area contributed by atoms with Crippen LogP contribution < -0.4 is 20.9 Å². The van der Waals surface area contributed by atoms with Crippen LogP contribution in [0.4, 0.5) is 26.3 Å². The molecule has 4 aromatic carbocycles. The van der Waals surface area contributed by atoms with Gasteiger partial charge in [-0.2, -0.15) is 31.6 Å². The summed E-state index contributed by atoms with van der Waals surface area (Å²) in [6, 6.07) is 22.5. The monoisotopic (exact) mass is 992 g/mol. The maximum atomic E-state index is 12.9. The van der Waals surface area contributed by atoms with Gasteiger partial charge < -0.3 is 26.1 Å². The molecule has 0 aliphatic carbocycles. The number of benzene rings is 4. The first-order valence-electron chi connectivity index (χ1n) is 20.6.